The Morgan fingerprint density at radius 2 is 1.67 bits per heavy atom. The van der Waals surface area contributed by atoms with Crippen LogP contribution in [-0.2, 0) is 0 Å². The number of nitrogens with one attached hydrogen (secondary N) is 1. The van der Waals surface area contributed by atoms with E-state index in [4.69, 9.17) is 0 Å². The van der Waals surface area contributed by atoms with Crippen molar-refractivity contribution >= 4 is 0 Å². The van der Waals surface area contributed by atoms with Crippen LogP contribution in [-0.4, -0.2) is 43.3 Å². The van der Waals surface area contributed by atoms with E-state index < -0.39 is 12.1 Å². The van der Waals surface area contributed by atoms with Crippen LogP contribution in [0.15, 0.2) is 0 Å². The van der Waals surface area contributed by atoms with Gasteiger partial charge in [-0.25, -0.2) is 0 Å². The molecule has 0 spiro atoms. The van der Waals surface area contributed by atoms with Crippen LogP contribution in [0.4, 0.5) is 13.2 Å². The van der Waals surface area contributed by atoms with E-state index in [2.05, 4.69) is 31.0 Å². The molecule has 1 aliphatic rings. The SMILES string of the molecule is CC(C)CNCC(C)N1CCC(C(F)(F)F)CC1. The molecular weight excluding hydrogens is 241 g/mol. The molecule has 1 aliphatic heterocycles. The molecule has 0 saturated carbocycles. The summed E-state index contributed by atoms with van der Waals surface area (Å²) in [5.74, 6) is -0.488. The van der Waals surface area contributed by atoms with Gasteiger partial charge in [-0.3, -0.25) is 4.90 Å². The van der Waals surface area contributed by atoms with Gasteiger partial charge < -0.3 is 5.32 Å². The predicted octanol–water partition coefficient (Wildman–Crippen LogP) is 2.89. The van der Waals surface area contributed by atoms with Gasteiger partial charge >= 0.3 is 6.18 Å². The summed E-state index contributed by atoms with van der Waals surface area (Å²) in [7, 11) is 0. The van der Waals surface area contributed by atoms with Gasteiger partial charge in [0, 0.05) is 12.6 Å². The van der Waals surface area contributed by atoms with Crippen molar-refractivity contribution in [1.29, 1.82) is 0 Å². The Morgan fingerprint density at radius 3 is 2.11 bits per heavy atom. The maximum atomic E-state index is 12.5. The molecule has 2 nitrogen and oxygen atoms in total. The number of likely N-dealkylation sites (tertiary alicyclic amines) is 1. The van der Waals surface area contributed by atoms with Gasteiger partial charge in [0.25, 0.3) is 0 Å². The zero-order chi connectivity index (χ0) is 13.8. The number of hydrogen-bond acceptors (Lipinski definition) is 2. The molecule has 18 heavy (non-hydrogen) atoms. The maximum absolute atomic E-state index is 12.5. The second kappa shape index (κ2) is 6.75. The molecule has 5 heteroatoms. The van der Waals surface area contributed by atoms with Gasteiger partial charge in [0.05, 0.1) is 5.92 Å². The molecule has 0 amide bonds. The van der Waals surface area contributed by atoms with Crippen LogP contribution in [0, 0.1) is 11.8 Å². The Balaban J connectivity index is 2.25. The van der Waals surface area contributed by atoms with Crippen molar-refractivity contribution in [2.75, 3.05) is 26.2 Å². The number of hydrogen-bond donors (Lipinski definition) is 1. The average molecular weight is 266 g/mol. The lowest BCUT2D eigenvalue weighted by Crippen LogP contribution is -2.47. The predicted molar refractivity (Wildman–Crippen MR) is 67.5 cm³/mol. The third-order valence-corrected chi connectivity index (χ3v) is 3.61. The van der Waals surface area contributed by atoms with Crippen molar-refractivity contribution < 1.29 is 13.2 Å². The minimum atomic E-state index is -4.01. The summed E-state index contributed by atoms with van der Waals surface area (Å²) in [6, 6.07) is 0.318. The van der Waals surface area contributed by atoms with E-state index in [0.29, 0.717) is 25.0 Å². The number of alkyl halides is 3. The van der Waals surface area contributed by atoms with E-state index in [1.807, 2.05) is 0 Å². The second-order valence-corrected chi connectivity index (χ2v) is 5.75. The molecule has 0 aromatic carbocycles. The Hall–Kier alpha value is -0.290. The van der Waals surface area contributed by atoms with E-state index in [1.54, 1.807) is 0 Å². The lowest BCUT2D eigenvalue weighted by molar-refractivity contribution is -0.185. The zero-order valence-electron chi connectivity index (χ0n) is 11.6. The molecule has 0 aliphatic carbocycles. The normalized spacial score (nSPS) is 21.5. The maximum Gasteiger partial charge on any atom is 0.391 e. The summed E-state index contributed by atoms with van der Waals surface area (Å²) in [6.45, 7) is 9.32. The lowest BCUT2D eigenvalue weighted by Gasteiger charge is -2.36. The molecule has 1 heterocycles. The molecule has 1 unspecified atom stereocenters. The summed E-state index contributed by atoms with van der Waals surface area (Å²) < 4.78 is 37.6. The van der Waals surface area contributed by atoms with Gasteiger partial charge in [0.2, 0.25) is 0 Å². The van der Waals surface area contributed by atoms with E-state index in [0.717, 1.165) is 13.1 Å². The van der Waals surface area contributed by atoms with Crippen molar-refractivity contribution in [2.24, 2.45) is 11.8 Å². The first-order valence-corrected chi connectivity index (χ1v) is 6.82. The first-order valence-electron chi connectivity index (χ1n) is 6.82. The average Bonchev–Trinajstić information content (AvgIpc) is 2.27. The van der Waals surface area contributed by atoms with Gasteiger partial charge in [-0.2, -0.15) is 13.2 Å². The highest BCUT2D eigenvalue weighted by atomic mass is 19.4. The van der Waals surface area contributed by atoms with Crippen molar-refractivity contribution in [2.45, 2.75) is 45.8 Å². The molecule has 1 atom stereocenters. The van der Waals surface area contributed by atoms with E-state index in [1.165, 1.54) is 0 Å². The molecule has 1 fully saturated rings. The smallest absolute Gasteiger partial charge is 0.315 e. The van der Waals surface area contributed by atoms with Crippen LogP contribution in [0.25, 0.3) is 0 Å². The standard InChI is InChI=1S/C13H25F3N2/c1-10(2)8-17-9-11(3)18-6-4-12(5-7-18)13(14,15)16/h10-12,17H,4-9H2,1-3H3. The van der Waals surface area contributed by atoms with Crippen LogP contribution in [0.2, 0.25) is 0 Å². The van der Waals surface area contributed by atoms with Crippen LogP contribution in [0.5, 0.6) is 0 Å². The minimum Gasteiger partial charge on any atom is -0.315 e. The molecule has 1 N–H and O–H groups in total. The summed E-state index contributed by atoms with van der Waals surface area (Å²) >= 11 is 0. The van der Waals surface area contributed by atoms with Gasteiger partial charge in [-0.15, -0.1) is 0 Å². The molecule has 0 aromatic heterocycles. The first kappa shape index (κ1) is 15.8. The number of nitrogens with zero attached hydrogens (tertiary/aromatic N) is 1. The Labute approximate surface area is 108 Å². The monoisotopic (exact) mass is 266 g/mol. The van der Waals surface area contributed by atoms with Crippen molar-refractivity contribution in [1.82, 2.24) is 10.2 Å². The molecule has 0 aromatic rings. The largest absolute Gasteiger partial charge is 0.391 e. The Morgan fingerprint density at radius 1 is 1.11 bits per heavy atom. The number of rotatable bonds is 5. The van der Waals surface area contributed by atoms with Gasteiger partial charge in [0.1, 0.15) is 0 Å². The summed E-state index contributed by atoms with van der Waals surface area (Å²) in [5.41, 5.74) is 0. The minimum absolute atomic E-state index is 0.248. The van der Waals surface area contributed by atoms with E-state index in [9.17, 15) is 13.2 Å². The lowest BCUT2D eigenvalue weighted by atomic mass is 9.95. The highest BCUT2D eigenvalue weighted by Gasteiger charge is 2.41. The first-order chi connectivity index (χ1) is 8.30. The van der Waals surface area contributed by atoms with Crippen molar-refractivity contribution in [3.05, 3.63) is 0 Å². The third kappa shape index (κ3) is 5.14. The van der Waals surface area contributed by atoms with Crippen LogP contribution in [0.1, 0.15) is 33.6 Å². The van der Waals surface area contributed by atoms with Crippen molar-refractivity contribution in [3.63, 3.8) is 0 Å². The molecule has 1 rings (SSSR count). The topological polar surface area (TPSA) is 15.3 Å². The molecule has 0 radical (unpaired) electrons. The highest BCUT2D eigenvalue weighted by molar-refractivity contribution is 4.80. The fraction of sp³-hybridized carbons (Fsp3) is 1.00. The zero-order valence-corrected chi connectivity index (χ0v) is 11.6. The molecule has 0 bridgehead atoms. The van der Waals surface area contributed by atoms with Gasteiger partial charge in [-0.05, 0) is 45.3 Å². The Kier molecular flexibility index (Phi) is 5.92. The second-order valence-electron chi connectivity index (χ2n) is 5.75. The van der Waals surface area contributed by atoms with Gasteiger partial charge in [-0.1, -0.05) is 13.8 Å². The summed E-state index contributed by atoms with van der Waals surface area (Å²) in [4.78, 5) is 2.16. The van der Waals surface area contributed by atoms with Crippen LogP contribution in [0.3, 0.4) is 0 Å². The fourth-order valence-corrected chi connectivity index (χ4v) is 2.38. The van der Waals surface area contributed by atoms with Gasteiger partial charge in [0.15, 0.2) is 0 Å². The van der Waals surface area contributed by atoms with Crippen molar-refractivity contribution in [3.8, 4) is 0 Å². The quantitative estimate of drug-likeness (QED) is 0.823. The third-order valence-electron chi connectivity index (χ3n) is 3.61. The summed E-state index contributed by atoms with van der Waals surface area (Å²) in [5, 5.41) is 3.36. The van der Waals surface area contributed by atoms with E-state index >= 15 is 0 Å². The Bertz CT molecular complexity index is 233. The van der Waals surface area contributed by atoms with E-state index in [-0.39, 0.29) is 12.8 Å². The number of halogens is 3. The van der Waals surface area contributed by atoms with Crippen LogP contribution >= 0.6 is 0 Å². The summed E-state index contributed by atoms with van der Waals surface area (Å²) in [6.07, 6.45) is -3.51. The van der Waals surface area contributed by atoms with Crippen LogP contribution < -0.4 is 5.32 Å². The molecule has 108 valence electrons. The molecule has 1 saturated heterocycles. The fourth-order valence-electron chi connectivity index (χ4n) is 2.38. The number of piperidine rings is 1. The highest BCUT2D eigenvalue weighted by Crippen LogP contribution is 2.34. The molecular formula is C13H25F3N2.